The summed E-state index contributed by atoms with van der Waals surface area (Å²) in [6.45, 7) is 7.93. The molecule has 166 valence electrons. The second-order valence-electron chi connectivity index (χ2n) is 8.94. The molecule has 1 saturated heterocycles. The van der Waals surface area contributed by atoms with Gasteiger partial charge in [-0.3, -0.25) is 9.59 Å². The molecule has 1 N–H and O–H groups in total. The van der Waals surface area contributed by atoms with Crippen molar-refractivity contribution in [1.82, 2.24) is 9.88 Å². The monoisotopic (exact) mass is 447 g/mol. The van der Waals surface area contributed by atoms with Gasteiger partial charge in [0.2, 0.25) is 5.91 Å². The van der Waals surface area contributed by atoms with Gasteiger partial charge in [-0.05, 0) is 37.3 Å². The zero-order valence-corrected chi connectivity index (χ0v) is 19.6. The van der Waals surface area contributed by atoms with Crippen LogP contribution in [0.1, 0.15) is 41.9 Å². The lowest BCUT2D eigenvalue weighted by Gasteiger charge is -2.35. The van der Waals surface area contributed by atoms with Crippen LogP contribution in [0.25, 0.3) is 10.6 Å². The number of carbonyl (C=O) groups is 2. The molecule has 2 amide bonds. The van der Waals surface area contributed by atoms with Crippen molar-refractivity contribution < 1.29 is 9.59 Å². The quantitative estimate of drug-likeness (QED) is 0.568. The molecule has 0 aliphatic carbocycles. The highest BCUT2D eigenvalue weighted by Gasteiger charge is 2.27. The minimum atomic E-state index is -0.175. The van der Waals surface area contributed by atoms with Crippen LogP contribution in [0.4, 0.5) is 5.69 Å². The van der Waals surface area contributed by atoms with E-state index < -0.39 is 0 Å². The third-order valence-electron chi connectivity index (χ3n) is 5.78. The van der Waals surface area contributed by atoms with Gasteiger partial charge in [0.05, 0.1) is 23.4 Å². The van der Waals surface area contributed by atoms with E-state index in [9.17, 15) is 9.59 Å². The molecular weight excluding hydrogens is 418 g/mol. The molecule has 2 atom stereocenters. The molecule has 0 spiro atoms. The predicted octanol–water partition coefficient (Wildman–Crippen LogP) is 5.42. The first-order valence-electron chi connectivity index (χ1n) is 11.1. The van der Waals surface area contributed by atoms with Crippen molar-refractivity contribution >= 4 is 28.8 Å². The van der Waals surface area contributed by atoms with Crippen LogP contribution >= 0.6 is 11.3 Å². The van der Waals surface area contributed by atoms with Crippen LogP contribution in [0, 0.1) is 18.8 Å². The maximum absolute atomic E-state index is 13.2. The highest BCUT2D eigenvalue weighted by Crippen LogP contribution is 2.26. The summed E-state index contributed by atoms with van der Waals surface area (Å²) < 4.78 is 0. The van der Waals surface area contributed by atoms with Gasteiger partial charge in [0, 0.05) is 24.0 Å². The number of thiazole rings is 1. The van der Waals surface area contributed by atoms with Gasteiger partial charge < -0.3 is 10.2 Å². The van der Waals surface area contributed by atoms with Crippen molar-refractivity contribution in [2.75, 3.05) is 18.4 Å². The van der Waals surface area contributed by atoms with Crippen LogP contribution in [0.15, 0.2) is 53.9 Å². The Bertz CT molecular complexity index is 1100. The molecule has 1 aromatic heterocycles. The number of amides is 2. The number of anilines is 1. The zero-order valence-electron chi connectivity index (χ0n) is 18.8. The summed E-state index contributed by atoms with van der Waals surface area (Å²) in [7, 11) is 0. The molecule has 5 nitrogen and oxygen atoms in total. The summed E-state index contributed by atoms with van der Waals surface area (Å²) in [6, 6.07) is 15.5. The first-order valence-corrected chi connectivity index (χ1v) is 12.0. The molecule has 2 aromatic carbocycles. The summed E-state index contributed by atoms with van der Waals surface area (Å²) in [4.78, 5) is 32.5. The van der Waals surface area contributed by atoms with Gasteiger partial charge >= 0.3 is 0 Å². The van der Waals surface area contributed by atoms with E-state index in [0.29, 0.717) is 23.1 Å². The van der Waals surface area contributed by atoms with E-state index in [2.05, 4.69) is 43.2 Å². The van der Waals surface area contributed by atoms with Crippen LogP contribution in [-0.4, -0.2) is 34.8 Å². The van der Waals surface area contributed by atoms with Gasteiger partial charge in [-0.25, -0.2) is 4.98 Å². The van der Waals surface area contributed by atoms with Crippen molar-refractivity contribution in [3.63, 3.8) is 0 Å². The Kier molecular flexibility index (Phi) is 6.70. The van der Waals surface area contributed by atoms with Crippen molar-refractivity contribution in [2.24, 2.45) is 11.8 Å². The molecule has 1 fully saturated rings. The van der Waals surface area contributed by atoms with Gasteiger partial charge in [-0.2, -0.15) is 0 Å². The Morgan fingerprint density at radius 2 is 1.75 bits per heavy atom. The molecule has 1 aliphatic heterocycles. The van der Waals surface area contributed by atoms with E-state index in [-0.39, 0.29) is 18.2 Å². The zero-order chi connectivity index (χ0) is 22.7. The summed E-state index contributed by atoms with van der Waals surface area (Å²) >= 11 is 1.53. The number of aromatic nitrogens is 1. The van der Waals surface area contributed by atoms with E-state index >= 15 is 0 Å². The maximum Gasteiger partial charge on any atom is 0.255 e. The van der Waals surface area contributed by atoms with E-state index in [0.717, 1.165) is 35.8 Å². The molecule has 2 heterocycles. The van der Waals surface area contributed by atoms with E-state index in [1.807, 2.05) is 34.5 Å². The Hall–Kier alpha value is -2.99. The molecule has 1 aliphatic rings. The average Bonchev–Trinajstić information content (AvgIpc) is 3.21. The predicted molar refractivity (Wildman–Crippen MR) is 130 cm³/mol. The molecule has 0 radical (unpaired) electrons. The second-order valence-corrected chi connectivity index (χ2v) is 9.79. The smallest absolute Gasteiger partial charge is 0.255 e. The highest BCUT2D eigenvalue weighted by molar-refractivity contribution is 7.13. The molecule has 3 aromatic rings. The standard InChI is InChI=1S/C26H29N3O2S/c1-17-8-10-20(11-9-17)25-27-21(16-32-25)13-24(30)28-23-7-5-4-6-22(23)26(31)29-14-18(2)12-19(3)15-29/h4-11,16,18-19H,12-15H2,1-3H3,(H,28,30). The molecule has 2 unspecified atom stereocenters. The van der Waals surface area contributed by atoms with Crippen LogP contribution in [0.3, 0.4) is 0 Å². The molecule has 6 heteroatoms. The second kappa shape index (κ2) is 9.65. The fourth-order valence-electron chi connectivity index (χ4n) is 4.35. The molecule has 0 saturated carbocycles. The first-order chi connectivity index (χ1) is 15.4. The lowest BCUT2D eigenvalue weighted by atomic mass is 9.91. The van der Waals surface area contributed by atoms with Crippen molar-refractivity contribution in [2.45, 2.75) is 33.6 Å². The van der Waals surface area contributed by atoms with Gasteiger partial charge in [-0.15, -0.1) is 11.3 Å². The third kappa shape index (κ3) is 5.25. The third-order valence-corrected chi connectivity index (χ3v) is 6.72. The molecular formula is C26H29N3O2S. The molecule has 32 heavy (non-hydrogen) atoms. The van der Waals surface area contributed by atoms with Gasteiger partial charge in [-0.1, -0.05) is 55.8 Å². The lowest BCUT2D eigenvalue weighted by Crippen LogP contribution is -2.42. The van der Waals surface area contributed by atoms with Crippen LogP contribution in [-0.2, 0) is 11.2 Å². The number of carbonyl (C=O) groups excluding carboxylic acids is 2. The number of nitrogens with zero attached hydrogens (tertiary/aromatic N) is 2. The number of hydrogen-bond acceptors (Lipinski definition) is 4. The largest absolute Gasteiger partial charge is 0.338 e. The summed E-state index contributed by atoms with van der Waals surface area (Å²) in [5.74, 6) is 0.773. The number of nitrogens with one attached hydrogen (secondary N) is 1. The fraction of sp³-hybridized carbons (Fsp3) is 0.346. The van der Waals surface area contributed by atoms with Crippen LogP contribution in [0.2, 0.25) is 0 Å². The maximum atomic E-state index is 13.2. The molecule has 4 rings (SSSR count). The summed E-state index contributed by atoms with van der Waals surface area (Å²) in [6.07, 6.45) is 1.31. The summed E-state index contributed by atoms with van der Waals surface area (Å²) in [5, 5.41) is 5.75. The van der Waals surface area contributed by atoms with Crippen LogP contribution in [0.5, 0.6) is 0 Å². The Labute approximate surface area is 193 Å². The van der Waals surface area contributed by atoms with Gasteiger partial charge in [0.25, 0.3) is 5.91 Å². The number of para-hydroxylation sites is 1. The molecule has 0 bridgehead atoms. The number of hydrogen-bond donors (Lipinski definition) is 1. The average molecular weight is 448 g/mol. The van der Waals surface area contributed by atoms with E-state index in [4.69, 9.17) is 0 Å². The van der Waals surface area contributed by atoms with Gasteiger partial charge in [0.1, 0.15) is 5.01 Å². The topological polar surface area (TPSA) is 62.3 Å². The number of piperidine rings is 1. The highest BCUT2D eigenvalue weighted by atomic mass is 32.1. The first kappa shape index (κ1) is 22.2. The van der Waals surface area contributed by atoms with Crippen molar-refractivity contribution in [3.05, 3.63) is 70.7 Å². The number of benzene rings is 2. The Morgan fingerprint density at radius 3 is 2.47 bits per heavy atom. The van der Waals surface area contributed by atoms with Crippen molar-refractivity contribution in [1.29, 1.82) is 0 Å². The van der Waals surface area contributed by atoms with Gasteiger partial charge in [0.15, 0.2) is 0 Å². The summed E-state index contributed by atoms with van der Waals surface area (Å²) in [5.41, 5.74) is 4.08. The van der Waals surface area contributed by atoms with Crippen molar-refractivity contribution in [3.8, 4) is 10.6 Å². The SMILES string of the molecule is Cc1ccc(-c2nc(CC(=O)Nc3ccccc3C(=O)N3CC(C)CC(C)C3)cs2)cc1. The van der Waals surface area contributed by atoms with E-state index in [1.165, 1.54) is 16.9 Å². The number of likely N-dealkylation sites (tertiary alicyclic amines) is 1. The fourth-order valence-corrected chi connectivity index (χ4v) is 5.18. The number of aryl methyl sites for hydroxylation is 1. The minimum Gasteiger partial charge on any atom is -0.338 e. The van der Waals surface area contributed by atoms with Crippen LogP contribution < -0.4 is 5.32 Å². The number of rotatable bonds is 5. The van der Waals surface area contributed by atoms with E-state index in [1.54, 1.807) is 12.1 Å². The Balaban J connectivity index is 1.44. The Morgan fingerprint density at radius 1 is 1.06 bits per heavy atom. The lowest BCUT2D eigenvalue weighted by molar-refractivity contribution is -0.115. The minimum absolute atomic E-state index is 0.0189. The normalized spacial score (nSPS) is 18.4.